The van der Waals surface area contributed by atoms with Crippen LogP contribution in [0, 0.1) is 0 Å². The number of nitrogens with zero attached hydrogens (tertiary/aromatic N) is 3. The maximum atomic E-state index is 13.7. The molecule has 5 fully saturated rings. The number of hydrogen-bond donors (Lipinski definition) is 2. The monoisotopic (exact) mass is 684 g/mol. The van der Waals surface area contributed by atoms with E-state index in [0.717, 1.165) is 4.90 Å². The first-order valence-electron chi connectivity index (χ1n) is 14.2. The van der Waals surface area contributed by atoms with E-state index in [4.69, 9.17) is 21.1 Å². The number of alkyl halides is 1. The molecule has 0 spiro atoms. The minimum absolute atomic E-state index is 0.0579. The van der Waals surface area contributed by atoms with Crippen LogP contribution in [-0.4, -0.2) is 115 Å². The largest absolute Gasteiger partial charge is 0.508 e. The molecule has 14 nitrogen and oxygen atoms in total. The van der Waals surface area contributed by atoms with Crippen LogP contribution in [0.5, 0.6) is 5.75 Å². The number of thioether (sulfide) groups is 1. The summed E-state index contributed by atoms with van der Waals surface area (Å²) in [6.07, 6.45) is -0.248. The van der Waals surface area contributed by atoms with Gasteiger partial charge in [0.25, 0.3) is 0 Å². The van der Waals surface area contributed by atoms with Crippen molar-refractivity contribution < 1.29 is 47.0 Å². The Labute approximate surface area is 268 Å². The summed E-state index contributed by atoms with van der Waals surface area (Å²) in [5.41, 5.74) is -0.283. The first-order valence-corrected chi connectivity index (χ1v) is 17.2. The average Bonchev–Trinajstić information content (AvgIpc) is 3.41. The molecule has 5 saturated heterocycles. The van der Waals surface area contributed by atoms with Crippen LogP contribution in [-0.2, 0) is 43.3 Å². The van der Waals surface area contributed by atoms with Crippen LogP contribution >= 0.6 is 23.4 Å². The van der Waals surface area contributed by atoms with Crippen molar-refractivity contribution in [1.29, 1.82) is 0 Å². The molecular weight excluding hydrogens is 652 g/mol. The van der Waals surface area contributed by atoms with Crippen LogP contribution in [0.2, 0.25) is 0 Å². The second kappa shape index (κ2) is 10.2. The summed E-state index contributed by atoms with van der Waals surface area (Å²) < 4.78 is 33.7. The molecule has 3 amide bonds. The van der Waals surface area contributed by atoms with Crippen LogP contribution in [0.1, 0.15) is 52.6 Å². The fourth-order valence-electron chi connectivity index (χ4n) is 7.03. The number of carbonyl (C=O) groups is 5. The van der Waals surface area contributed by atoms with Crippen molar-refractivity contribution in [2.75, 3.05) is 12.7 Å². The Kier molecular flexibility index (Phi) is 7.23. The van der Waals surface area contributed by atoms with Gasteiger partial charge in [0, 0.05) is 10.6 Å². The highest BCUT2D eigenvalue weighted by atomic mass is 35.5. The van der Waals surface area contributed by atoms with E-state index in [1.807, 2.05) is 0 Å². The van der Waals surface area contributed by atoms with E-state index >= 15 is 0 Å². The van der Waals surface area contributed by atoms with Gasteiger partial charge in [0.05, 0.1) is 12.1 Å². The van der Waals surface area contributed by atoms with Gasteiger partial charge in [0.2, 0.25) is 24.5 Å². The lowest BCUT2D eigenvalue weighted by Gasteiger charge is -2.50. The van der Waals surface area contributed by atoms with Crippen molar-refractivity contribution in [3.05, 3.63) is 29.8 Å². The third kappa shape index (κ3) is 4.38. The lowest BCUT2D eigenvalue weighted by Crippen LogP contribution is -2.73. The number of halogens is 1. The maximum absolute atomic E-state index is 13.7. The predicted molar refractivity (Wildman–Crippen MR) is 159 cm³/mol. The average molecular weight is 685 g/mol. The number of esters is 2. The van der Waals surface area contributed by atoms with Crippen LogP contribution in [0.25, 0.3) is 0 Å². The molecule has 0 saturated carbocycles. The molecule has 5 aliphatic rings. The number of aromatic hydroxyl groups is 1. The molecule has 2 N–H and O–H groups in total. The number of phenolic OH excluding ortho intramolecular Hbond substituents is 1. The van der Waals surface area contributed by atoms with Gasteiger partial charge in [-0.15, -0.1) is 23.4 Å². The number of phenols is 1. The summed E-state index contributed by atoms with van der Waals surface area (Å²) in [5, 5.41) is 11.2. The summed E-state index contributed by atoms with van der Waals surface area (Å²) in [7, 11) is -3.96. The minimum atomic E-state index is -3.96. The number of benzene rings is 1. The van der Waals surface area contributed by atoms with E-state index in [2.05, 4.69) is 5.32 Å². The number of ether oxygens (including phenoxy) is 2. The minimum Gasteiger partial charge on any atom is -0.508 e. The Hall–Kier alpha value is -3.08. The van der Waals surface area contributed by atoms with Crippen molar-refractivity contribution in [2.45, 2.75) is 91.1 Å². The van der Waals surface area contributed by atoms with Gasteiger partial charge in [-0.25, -0.2) is 18.0 Å². The fraction of sp³-hybridized carbons (Fsp3) is 0.607. The van der Waals surface area contributed by atoms with Gasteiger partial charge >= 0.3 is 11.9 Å². The molecule has 0 bridgehead atoms. The Morgan fingerprint density at radius 2 is 1.60 bits per heavy atom. The molecule has 45 heavy (non-hydrogen) atoms. The lowest BCUT2D eigenvalue weighted by molar-refractivity contribution is -0.183. The lowest BCUT2D eigenvalue weighted by atomic mass is 9.94. The molecule has 5 aliphatic heterocycles. The zero-order chi connectivity index (χ0) is 33.0. The summed E-state index contributed by atoms with van der Waals surface area (Å²) in [6, 6.07) is 2.05. The number of carbonyl (C=O) groups excluding carboxylic acids is 5. The standard InChI is InChI=1S/C28H33ClN4O10S2/c1-26(2)19(24(38)42-12-43-25(39)20-28(5,11-29)45(40,41)16-10-15(35)31(16)20)32-22(37)18(23(32)44-26)33-21(36)17(30-27(33,3)4)13-6-8-14(34)9-7-13/h6-9,16-20,23,30,34H,10-12H2,1-5H3/t16-,17?,18+,19-,20?,23+,28-/m0/s1. The molecule has 7 atom stereocenters. The number of β-lactam (4-membered cyclic amide) rings is 2. The molecule has 244 valence electrons. The SMILES string of the molecule is CC1(C)S[C@@H]2[C@H](N3C(=O)C(c4ccc(O)cc4)NC3(C)C)C(=O)N2[C@H]1C(=O)OCOC(=O)C1N2C(=O)C[C@@H]2S(=O)(=O)[C@@]1(C)CCl. The van der Waals surface area contributed by atoms with Gasteiger partial charge in [0.15, 0.2) is 15.9 Å². The number of rotatable bonds is 7. The van der Waals surface area contributed by atoms with Gasteiger partial charge in [-0.2, -0.15) is 0 Å². The van der Waals surface area contributed by atoms with E-state index in [1.165, 1.54) is 40.6 Å². The summed E-state index contributed by atoms with van der Waals surface area (Å²) >= 11 is 7.31. The number of hydrogen-bond acceptors (Lipinski definition) is 12. The number of nitrogens with one attached hydrogen (secondary N) is 1. The molecule has 1 aromatic rings. The van der Waals surface area contributed by atoms with Crippen molar-refractivity contribution in [3.63, 3.8) is 0 Å². The van der Waals surface area contributed by atoms with E-state index in [1.54, 1.807) is 39.8 Å². The highest BCUT2D eigenvalue weighted by Crippen LogP contribution is 2.54. The van der Waals surface area contributed by atoms with Crippen molar-refractivity contribution in [1.82, 2.24) is 20.0 Å². The zero-order valence-electron chi connectivity index (χ0n) is 25.1. The Balaban J connectivity index is 1.13. The summed E-state index contributed by atoms with van der Waals surface area (Å²) in [4.78, 5) is 69.6. The van der Waals surface area contributed by atoms with Crippen molar-refractivity contribution in [2.24, 2.45) is 0 Å². The quantitative estimate of drug-likeness (QED) is 0.175. The van der Waals surface area contributed by atoms with Crippen LogP contribution < -0.4 is 5.32 Å². The molecule has 6 rings (SSSR count). The normalized spacial score (nSPS) is 35.4. The highest BCUT2D eigenvalue weighted by molar-refractivity contribution is 8.01. The van der Waals surface area contributed by atoms with Crippen LogP contribution in [0.15, 0.2) is 24.3 Å². The Bertz CT molecular complexity index is 1620. The molecule has 5 heterocycles. The van der Waals surface area contributed by atoms with Gasteiger partial charge in [-0.3, -0.25) is 19.7 Å². The number of amides is 3. The molecule has 17 heteroatoms. The van der Waals surface area contributed by atoms with Gasteiger partial charge in [0.1, 0.15) is 39.4 Å². The molecule has 0 aromatic heterocycles. The topological polar surface area (TPSA) is 180 Å². The Morgan fingerprint density at radius 3 is 2.18 bits per heavy atom. The number of fused-ring (bicyclic) bond motifs is 2. The van der Waals surface area contributed by atoms with Crippen LogP contribution in [0.3, 0.4) is 0 Å². The molecule has 0 aliphatic carbocycles. The van der Waals surface area contributed by atoms with Gasteiger partial charge in [-0.05, 0) is 52.3 Å². The van der Waals surface area contributed by atoms with E-state index in [9.17, 15) is 37.5 Å². The zero-order valence-corrected chi connectivity index (χ0v) is 27.4. The molecule has 2 unspecified atom stereocenters. The van der Waals surface area contributed by atoms with Crippen molar-refractivity contribution in [3.8, 4) is 5.75 Å². The molecular formula is C28H33ClN4O10S2. The first kappa shape index (κ1) is 31.9. The van der Waals surface area contributed by atoms with Gasteiger partial charge in [-0.1, -0.05) is 12.1 Å². The molecule has 1 aromatic carbocycles. The predicted octanol–water partition coefficient (Wildman–Crippen LogP) is 0.429. The summed E-state index contributed by atoms with van der Waals surface area (Å²) in [5.74, 6) is -3.61. The third-order valence-electron chi connectivity index (χ3n) is 9.43. The second-order valence-electron chi connectivity index (χ2n) is 13.0. The fourth-order valence-corrected chi connectivity index (χ4v) is 11.5. The van der Waals surface area contributed by atoms with E-state index in [-0.39, 0.29) is 18.1 Å². The van der Waals surface area contributed by atoms with Crippen LogP contribution in [0.4, 0.5) is 0 Å². The maximum Gasteiger partial charge on any atom is 0.333 e. The second-order valence-corrected chi connectivity index (χ2v) is 17.6. The molecule has 0 radical (unpaired) electrons. The number of sulfone groups is 1. The van der Waals surface area contributed by atoms with E-state index in [0.29, 0.717) is 5.56 Å². The highest BCUT2D eigenvalue weighted by Gasteiger charge is 2.71. The Morgan fingerprint density at radius 1 is 1.00 bits per heavy atom. The van der Waals surface area contributed by atoms with Crippen molar-refractivity contribution >= 4 is 62.9 Å². The summed E-state index contributed by atoms with van der Waals surface area (Å²) in [6.45, 7) is 7.50. The third-order valence-corrected chi connectivity index (χ3v) is 14.5. The first-order chi connectivity index (χ1) is 20.9. The smallest absolute Gasteiger partial charge is 0.333 e. The van der Waals surface area contributed by atoms with E-state index < -0.39 is 96.3 Å². The van der Waals surface area contributed by atoms with Gasteiger partial charge < -0.3 is 29.3 Å².